The van der Waals surface area contributed by atoms with Crippen LogP contribution in [-0.2, 0) is 4.74 Å². The summed E-state index contributed by atoms with van der Waals surface area (Å²) in [4.78, 5) is 13.7. The van der Waals surface area contributed by atoms with Gasteiger partial charge < -0.3 is 15.0 Å². The zero-order chi connectivity index (χ0) is 17.5. The molecule has 1 aliphatic heterocycles. The highest BCUT2D eigenvalue weighted by atomic mass is 19.1. The monoisotopic (exact) mass is 342 g/mol. The number of rotatable bonds is 4. The second kappa shape index (κ2) is 8.25. The molecule has 0 spiro atoms. The molecule has 1 aliphatic rings. The first kappa shape index (κ1) is 16.9. The van der Waals surface area contributed by atoms with Crippen molar-refractivity contribution in [1.29, 1.82) is 0 Å². The number of para-hydroxylation sites is 1. The Balaban J connectivity index is 1.56. The third-order valence-corrected chi connectivity index (χ3v) is 3.73. The highest BCUT2D eigenvalue weighted by Crippen LogP contribution is 2.21. The fraction of sp³-hybridized carbons (Fsp3) is 0.222. The van der Waals surface area contributed by atoms with E-state index in [0.29, 0.717) is 43.2 Å². The molecule has 25 heavy (non-hydrogen) atoms. The number of hydrogen-bond acceptors (Lipinski definition) is 4. The molecule has 2 N–H and O–H groups in total. The van der Waals surface area contributed by atoms with Crippen molar-refractivity contribution >= 4 is 23.6 Å². The Morgan fingerprint density at radius 1 is 1.16 bits per heavy atom. The minimum atomic E-state index is -0.465. The van der Waals surface area contributed by atoms with Gasteiger partial charge in [0.15, 0.2) is 0 Å². The fourth-order valence-corrected chi connectivity index (χ4v) is 2.51. The van der Waals surface area contributed by atoms with Gasteiger partial charge in [0.05, 0.1) is 25.1 Å². The van der Waals surface area contributed by atoms with Crippen LogP contribution in [0, 0.1) is 5.82 Å². The molecule has 0 atom stereocenters. The Labute approximate surface area is 145 Å². The van der Waals surface area contributed by atoms with Crippen LogP contribution in [0.15, 0.2) is 53.6 Å². The summed E-state index contributed by atoms with van der Waals surface area (Å²) >= 11 is 0. The zero-order valence-electron chi connectivity index (χ0n) is 13.6. The molecule has 1 saturated heterocycles. The van der Waals surface area contributed by atoms with Gasteiger partial charge in [0.2, 0.25) is 0 Å². The van der Waals surface area contributed by atoms with E-state index in [-0.39, 0.29) is 5.82 Å². The molecule has 7 heteroatoms. The highest BCUT2D eigenvalue weighted by Gasteiger charge is 2.14. The predicted octanol–water partition coefficient (Wildman–Crippen LogP) is 2.82. The van der Waals surface area contributed by atoms with Gasteiger partial charge in [0, 0.05) is 18.8 Å². The smallest absolute Gasteiger partial charge is 0.339 e. The number of ether oxygens (including phenoxy) is 1. The molecule has 2 aromatic carbocycles. The summed E-state index contributed by atoms with van der Waals surface area (Å²) in [6.07, 6.45) is 1.40. The Hall–Kier alpha value is -2.93. The molecule has 2 aromatic rings. The number of hydrazone groups is 1. The molecule has 6 nitrogen and oxygen atoms in total. The van der Waals surface area contributed by atoms with Gasteiger partial charge in [-0.1, -0.05) is 24.3 Å². The molecular formula is C18H19FN4O2. The van der Waals surface area contributed by atoms with Crippen molar-refractivity contribution in [3.8, 4) is 0 Å². The maximum Gasteiger partial charge on any atom is 0.339 e. The quantitative estimate of drug-likeness (QED) is 0.663. The molecule has 2 amide bonds. The van der Waals surface area contributed by atoms with Crippen LogP contribution < -0.4 is 15.6 Å². The maximum atomic E-state index is 14.3. The molecule has 0 aromatic heterocycles. The van der Waals surface area contributed by atoms with Crippen LogP contribution in [0.4, 0.5) is 20.6 Å². The minimum absolute atomic E-state index is 0.320. The van der Waals surface area contributed by atoms with Crippen molar-refractivity contribution in [3.05, 3.63) is 59.9 Å². The number of carbonyl (C=O) groups excluding carboxylic acids is 1. The molecule has 1 heterocycles. The first-order chi connectivity index (χ1) is 12.2. The van der Waals surface area contributed by atoms with Crippen molar-refractivity contribution in [1.82, 2.24) is 5.43 Å². The SMILES string of the molecule is O=C(N/N=C/c1ccc(N2CCOCC2)c(F)c1)Nc1ccccc1. The number of amides is 2. The number of urea groups is 1. The third kappa shape index (κ3) is 4.77. The van der Waals surface area contributed by atoms with E-state index in [2.05, 4.69) is 15.8 Å². The van der Waals surface area contributed by atoms with E-state index in [0.717, 1.165) is 0 Å². The van der Waals surface area contributed by atoms with Gasteiger partial charge in [-0.15, -0.1) is 0 Å². The second-order valence-corrected chi connectivity index (χ2v) is 5.50. The van der Waals surface area contributed by atoms with Crippen molar-refractivity contribution in [2.45, 2.75) is 0 Å². The normalized spacial score (nSPS) is 14.5. The van der Waals surface area contributed by atoms with Crippen LogP contribution in [0.25, 0.3) is 0 Å². The number of morpholine rings is 1. The van der Waals surface area contributed by atoms with Crippen LogP contribution >= 0.6 is 0 Å². The standard InChI is InChI=1S/C18H19FN4O2/c19-16-12-14(6-7-17(16)23-8-10-25-11-9-23)13-20-22-18(24)21-15-4-2-1-3-5-15/h1-7,12-13H,8-11H2,(H2,21,22,24)/b20-13+. The first-order valence-electron chi connectivity index (χ1n) is 8.00. The van der Waals surface area contributed by atoms with Crippen molar-refractivity contribution in [3.63, 3.8) is 0 Å². The van der Waals surface area contributed by atoms with E-state index in [1.165, 1.54) is 12.3 Å². The molecule has 0 radical (unpaired) electrons. The van der Waals surface area contributed by atoms with Crippen molar-refractivity contribution in [2.24, 2.45) is 5.10 Å². The van der Waals surface area contributed by atoms with E-state index in [4.69, 9.17) is 4.74 Å². The summed E-state index contributed by atoms with van der Waals surface area (Å²) in [7, 11) is 0. The Kier molecular flexibility index (Phi) is 5.58. The van der Waals surface area contributed by atoms with Gasteiger partial charge in [0.25, 0.3) is 0 Å². The van der Waals surface area contributed by atoms with Crippen LogP contribution in [-0.4, -0.2) is 38.5 Å². The number of halogens is 1. The van der Waals surface area contributed by atoms with Gasteiger partial charge in [-0.3, -0.25) is 0 Å². The summed E-state index contributed by atoms with van der Waals surface area (Å²) in [6, 6.07) is 13.4. The summed E-state index contributed by atoms with van der Waals surface area (Å²) in [5, 5.41) is 6.47. The number of nitrogens with one attached hydrogen (secondary N) is 2. The topological polar surface area (TPSA) is 66.0 Å². The average Bonchev–Trinajstić information content (AvgIpc) is 2.63. The van der Waals surface area contributed by atoms with Crippen molar-refractivity contribution < 1.29 is 13.9 Å². The summed E-state index contributed by atoms with van der Waals surface area (Å²) in [5.74, 6) is -0.320. The average molecular weight is 342 g/mol. The molecule has 0 aliphatic carbocycles. The van der Waals surface area contributed by atoms with E-state index in [1.807, 2.05) is 23.1 Å². The van der Waals surface area contributed by atoms with Gasteiger partial charge >= 0.3 is 6.03 Å². The molecular weight excluding hydrogens is 323 g/mol. The number of nitrogens with zero attached hydrogens (tertiary/aromatic N) is 2. The minimum Gasteiger partial charge on any atom is -0.378 e. The van der Waals surface area contributed by atoms with Gasteiger partial charge in [-0.05, 0) is 29.8 Å². The lowest BCUT2D eigenvalue weighted by Crippen LogP contribution is -2.36. The number of benzene rings is 2. The number of hydrogen-bond donors (Lipinski definition) is 2. The molecule has 1 fully saturated rings. The number of anilines is 2. The van der Waals surface area contributed by atoms with Crippen molar-refractivity contribution in [2.75, 3.05) is 36.5 Å². The summed E-state index contributed by atoms with van der Waals surface area (Å²) < 4.78 is 19.5. The third-order valence-electron chi connectivity index (χ3n) is 3.73. The Bertz CT molecular complexity index is 746. The molecule has 0 unspecified atom stereocenters. The Morgan fingerprint density at radius 2 is 1.92 bits per heavy atom. The lowest BCUT2D eigenvalue weighted by Gasteiger charge is -2.29. The maximum absolute atomic E-state index is 14.3. The van der Waals surface area contributed by atoms with E-state index in [1.54, 1.807) is 24.3 Å². The lowest BCUT2D eigenvalue weighted by molar-refractivity contribution is 0.122. The molecule has 0 saturated carbocycles. The molecule has 130 valence electrons. The lowest BCUT2D eigenvalue weighted by atomic mass is 10.2. The van der Waals surface area contributed by atoms with Crippen LogP contribution in [0.2, 0.25) is 0 Å². The van der Waals surface area contributed by atoms with E-state index in [9.17, 15) is 9.18 Å². The van der Waals surface area contributed by atoms with Gasteiger partial charge in [0.1, 0.15) is 5.82 Å². The molecule has 3 rings (SSSR count). The van der Waals surface area contributed by atoms with Gasteiger partial charge in [-0.2, -0.15) is 5.10 Å². The van der Waals surface area contributed by atoms with E-state index < -0.39 is 6.03 Å². The Morgan fingerprint density at radius 3 is 2.64 bits per heavy atom. The molecule has 0 bridgehead atoms. The summed E-state index contributed by atoms with van der Waals surface area (Å²) in [5.41, 5.74) is 4.13. The summed E-state index contributed by atoms with van der Waals surface area (Å²) in [6.45, 7) is 2.54. The van der Waals surface area contributed by atoms with Crippen LogP contribution in [0.3, 0.4) is 0 Å². The largest absolute Gasteiger partial charge is 0.378 e. The second-order valence-electron chi connectivity index (χ2n) is 5.50. The van der Waals surface area contributed by atoms with Crippen LogP contribution in [0.1, 0.15) is 5.56 Å². The highest BCUT2D eigenvalue weighted by molar-refractivity contribution is 5.90. The van der Waals surface area contributed by atoms with E-state index >= 15 is 0 Å². The zero-order valence-corrected chi connectivity index (χ0v) is 13.6. The van der Waals surface area contributed by atoms with Gasteiger partial charge in [-0.25, -0.2) is 14.6 Å². The number of carbonyl (C=O) groups is 1. The fourth-order valence-electron chi connectivity index (χ4n) is 2.51. The van der Waals surface area contributed by atoms with Crippen LogP contribution in [0.5, 0.6) is 0 Å². The first-order valence-corrected chi connectivity index (χ1v) is 8.00. The predicted molar refractivity (Wildman–Crippen MR) is 95.6 cm³/mol.